The van der Waals surface area contributed by atoms with Crippen LogP contribution in [0.2, 0.25) is 0 Å². The smallest absolute Gasteiger partial charge is 0.0801 e. The van der Waals surface area contributed by atoms with Crippen molar-refractivity contribution in [2.24, 2.45) is 5.41 Å². The standard InChI is InChI=1S/C40H36N2S2.C31H33NS2/c1-3-33-34-19-11-13-21-36(34)43-37(33)27-25-29-23-24-30(26-28-39-41(4-2)35-20-12-14-22-38(35)44-39)40(29)42(31-15-7-5-8-16-31)32-17-9-6-10-18-32;1-5-24-25-13-7-9-15-27(25)33-29(24)19-23-18-22(20-31(3,4)21-23)12-11-17-30-32(6-2)26-14-8-10-16-28(26)34-30/h5-22,25-28H,3-4,23-24H2,1-2H3;7-19H,5-6,20-21H2,1-4H3/b;12-11?,23-19-,30-17?. The highest BCUT2D eigenvalue weighted by Gasteiger charge is 2.29. The summed E-state index contributed by atoms with van der Waals surface area (Å²) in [5.41, 5.74) is 15.1. The van der Waals surface area contributed by atoms with Gasteiger partial charge in [0.1, 0.15) is 0 Å². The average Bonchev–Trinajstić information content (AvgIpc) is 4.30. The van der Waals surface area contributed by atoms with Gasteiger partial charge in [-0.15, -0.1) is 22.7 Å². The second-order valence-corrected chi connectivity index (χ2v) is 25.2. The summed E-state index contributed by atoms with van der Waals surface area (Å²) in [5.74, 6) is 0. The molecule has 0 unspecified atom stereocenters. The molecule has 0 bridgehead atoms. The zero-order chi connectivity index (χ0) is 53.6. The van der Waals surface area contributed by atoms with Gasteiger partial charge in [-0.05, 0) is 187 Å². The average molecular weight is 1090 g/mol. The number of rotatable bonds is 13. The first kappa shape index (κ1) is 53.3. The van der Waals surface area contributed by atoms with E-state index >= 15 is 0 Å². The van der Waals surface area contributed by atoms with Crippen molar-refractivity contribution in [1.29, 1.82) is 0 Å². The van der Waals surface area contributed by atoms with Crippen molar-refractivity contribution in [3.8, 4) is 0 Å². The van der Waals surface area contributed by atoms with E-state index in [9.17, 15) is 0 Å². The maximum absolute atomic E-state index is 2.46. The molecule has 78 heavy (non-hydrogen) atoms. The summed E-state index contributed by atoms with van der Waals surface area (Å²) in [4.78, 5) is 12.8. The van der Waals surface area contributed by atoms with Crippen molar-refractivity contribution in [2.75, 3.05) is 27.8 Å². The molecule has 6 aromatic carbocycles. The lowest BCUT2D eigenvalue weighted by Crippen LogP contribution is -2.18. The van der Waals surface area contributed by atoms with Crippen LogP contribution in [0.3, 0.4) is 0 Å². The number of para-hydroxylation sites is 4. The summed E-state index contributed by atoms with van der Waals surface area (Å²) in [5, 5.41) is 5.40. The van der Waals surface area contributed by atoms with Gasteiger partial charge in [0.2, 0.25) is 0 Å². The van der Waals surface area contributed by atoms with Gasteiger partial charge in [0.15, 0.2) is 0 Å². The number of anilines is 4. The molecule has 0 amide bonds. The number of hydrogen-bond acceptors (Lipinski definition) is 7. The van der Waals surface area contributed by atoms with Crippen LogP contribution in [0.25, 0.3) is 32.3 Å². The number of fused-ring (bicyclic) bond motifs is 4. The number of thioether (sulfide) groups is 2. The second kappa shape index (κ2) is 24.1. The fourth-order valence-corrected chi connectivity index (χ4v) is 16.3. The molecule has 0 N–H and O–H groups in total. The van der Waals surface area contributed by atoms with E-state index in [1.54, 1.807) is 0 Å². The molecule has 392 valence electrons. The van der Waals surface area contributed by atoms with E-state index in [1.165, 1.54) is 112 Å². The number of thiophene rings is 2. The van der Waals surface area contributed by atoms with E-state index in [0.29, 0.717) is 0 Å². The van der Waals surface area contributed by atoms with Gasteiger partial charge >= 0.3 is 0 Å². The minimum absolute atomic E-state index is 0.268. The zero-order valence-corrected chi connectivity index (χ0v) is 49.1. The van der Waals surface area contributed by atoms with Crippen LogP contribution in [0, 0.1) is 5.41 Å². The number of nitrogens with zero attached hydrogens (tertiary/aromatic N) is 3. The van der Waals surface area contributed by atoms with Gasteiger partial charge in [-0.2, -0.15) is 0 Å². The lowest BCUT2D eigenvalue weighted by molar-refractivity contribution is 0.356. The fraction of sp³-hybridized carbons (Fsp3) is 0.211. The predicted molar refractivity (Wildman–Crippen MR) is 346 cm³/mol. The van der Waals surface area contributed by atoms with Crippen molar-refractivity contribution in [3.63, 3.8) is 0 Å². The molecular weight excluding hydrogens is 1020 g/mol. The summed E-state index contributed by atoms with van der Waals surface area (Å²) in [7, 11) is 0. The molecule has 0 saturated carbocycles. The largest absolute Gasteiger partial charge is 0.335 e. The van der Waals surface area contributed by atoms with E-state index in [4.69, 9.17) is 0 Å². The normalized spacial score (nSPS) is 18.1. The highest BCUT2D eigenvalue weighted by Crippen LogP contribution is 2.49. The van der Waals surface area contributed by atoms with E-state index in [1.807, 2.05) is 46.2 Å². The highest BCUT2D eigenvalue weighted by atomic mass is 32.2. The molecule has 0 saturated heterocycles. The molecule has 0 spiro atoms. The fourth-order valence-electron chi connectivity index (χ4n) is 11.6. The molecule has 4 aliphatic rings. The third kappa shape index (κ3) is 11.4. The van der Waals surface area contributed by atoms with E-state index in [0.717, 1.165) is 51.6 Å². The highest BCUT2D eigenvalue weighted by molar-refractivity contribution is 8.04. The predicted octanol–water partition coefficient (Wildman–Crippen LogP) is 21.4. The summed E-state index contributed by atoms with van der Waals surface area (Å²) >= 11 is 7.58. The lowest BCUT2D eigenvalue weighted by atomic mass is 9.75. The Morgan fingerprint density at radius 1 is 0.526 bits per heavy atom. The second-order valence-electron chi connectivity index (χ2n) is 20.9. The Morgan fingerprint density at radius 2 is 1.05 bits per heavy atom. The molecular formula is C71H69N3S4. The monoisotopic (exact) mass is 1090 g/mol. The van der Waals surface area contributed by atoms with Gasteiger partial charge in [0.05, 0.1) is 27.1 Å². The Labute approximate surface area is 480 Å². The van der Waals surface area contributed by atoms with E-state index in [-0.39, 0.29) is 5.41 Å². The van der Waals surface area contributed by atoms with Crippen molar-refractivity contribution >= 4 is 101 Å². The Kier molecular flexibility index (Phi) is 16.5. The number of benzene rings is 6. The summed E-state index contributed by atoms with van der Waals surface area (Å²) in [6, 6.07) is 56.7. The minimum atomic E-state index is 0.268. The van der Waals surface area contributed by atoms with Gasteiger partial charge in [-0.3, -0.25) is 0 Å². The number of aryl methyl sites for hydroxylation is 2. The van der Waals surface area contributed by atoms with E-state index < -0.39 is 0 Å². The van der Waals surface area contributed by atoms with Crippen LogP contribution in [0.5, 0.6) is 0 Å². The quantitative estimate of drug-likeness (QED) is 0.113. The minimum Gasteiger partial charge on any atom is -0.335 e. The van der Waals surface area contributed by atoms with Crippen molar-refractivity contribution < 1.29 is 0 Å². The van der Waals surface area contributed by atoms with Crippen molar-refractivity contribution in [3.05, 3.63) is 259 Å². The molecule has 2 aliphatic heterocycles. The molecule has 0 fully saturated rings. The van der Waals surface area contributed by atoms with Crippen LogP contribution in [0.4, 0.5) is 22.7 Å². The number of hydrogen-bond donors (Lipinski definition) is 0. The first-order valence-corrected chi connectivity index (χ1v) is 31.1. The third-order valence-electron chi connectivity index (χ3n) is 15.1. The number of allylic oxidation sites excluding steroid dienone is 11. The summed E-state index contributed by atoms with van der Waals surface area (Å²) in [6.45, 7) is 15.7. The van der Waals surface area contributed by atoms with Gasteiger partial charge < -0.3 is 14.7 Å². The molecule has 0 radical (unpaired) electrons. The summed E-state index contributed by atoms with van der Waals surface area (Å²) in [6.07, 6.45) is 27.6. The Balaban J connectivity index is 0.000000171. The Hall–Kier alpha value is -6.74. The Bertz CT molecular complexity index is 3690. The molecule has 2 aliphatic carbocycles. The third-order valence-corrected chi connectivity index (χ3v) is 19.7. The van der Waals surface area contributed by atoms with Gasteiger partial charge in [-0.25, -0.2) is 0 Å². The first-order valence-electron chi connectivity index (χ1n) is 27.8. The van der Waals surface area contributed by atoms with Crippen molar-refractivity contribution in [1.82, 2.24) is 0 Å². The van der Waals surface area contributed by atoms with Crippen LogP contribution in [0.15, 0.2) is 248 Å². The molecule has 2 aromatic heterocycles. The van der Waals surface area contributed by atoms with Crippen LogP contribution in [-0.2, 0) is 12.8 Å². The first-order chi connectivity index (χ1) is 38.2. The lowest BCUT2D eigenvalue weighted by Gasteiger charge is -2.30. The SMILES string of the molecule is CCc1c(/C=C2/C=C(C=CC=C3Sc4ccccc4N3CC)CC(C)(C)C2)sc2ccccc12.CCc1c(C=CC2=C(N(c3ccccc3)c3ccccc3)C(=CC=C3Sc4ccccc4N3CC)CC2)sc2ccccc12. The Morgan fingerprint density at radius 3 is 1.64 bits per heavy atom. The molecule has 4 heterocycles. The van der Waals surface area contributed by atoms with Crippen LogP contribution in [-0.4, -0.2) is 13.1 Å². The topological polar surface area (TPSA) is 9.72 Å². The molecule has 12 rings (SSSR count). The summed E-state index contributed by atoms with van der Waals surface area (Å²) < 4.78 is 2.76. The zero-order valence-electron chi connectivity index (χ0n) is 45.8. The van der Waals surface area contributed by atoms with Crippen LogP contribution < -0.4 is 14.7 Å². The van der Waals surface area contributed by atoms with E-state index in [2.05, 4.69) is 269 Å². The maximum atomic E-state index is 2.46. The van der Waals surface area contributed by atoms with Gasteiger partial charge in [0, 0.05) is 53.4 Å². The molecule has 7 heteroatoms. The molecule has 3 nitrogen and oxygen atoms in total. The molecule has 8 aromatic rings. The van der Waals surface area contributed by atoms with Crippen molar-refractivity contribution in [2.45, 2.75) is 89.9 Å². The molecule has 0 atom stereocenters. The maximum Gasteiger partial charge on any atom is 0.0801 e. The van der Waals surface area contributed by atoms with Gasteiger partial charge in [-0.1, -0.05) is 179 Å². The van der Waals surface area contributed by atoms with Gasteiger partial charge in [0.25, 0.3) is 0 Å². The van der Waals surface area contributed by atoms with Crippen LogP contribution >= 0.6 is 46.2 Å². The van der Waals surface area contributed by atoms with Crippen LogP contribution in [0.1, 0.15) is 88.1 Å².